The summed E-state index contributed by atoms with van der Waals surface area (Å²) in [6, 6.07) is 8.85. The highest BCUT2D eigenvalue weighted by molar-refractivity contribution is 5.89. The zero-order valence-electron chi connectivity index (χ0n) is 12.8. The van der Waals surface area contributed by atoms with Gasteiger partial charge in [0.2, 0.25) is 0 Å². The number of carbonyl (C=O) groups is 1. The molecule has 1 aromatic heterocycles. The molecule has 1 aromatic carbocycles. The van der Waals surface area contributed by atoms with E-state index >= 15 is 0 Å². The van der Waals surface area contributed by atoms with E-state index < -0.39 is 5.60 Å². The van der Waals surface area contributed by atoms with Gasteiger partial charge >= 0.3 is 6.09 Å². The molecule has 0 amide bonds. The molecule has 1 saturated carbocycles. The molecule has 2 aromatic rings. The number of hydrogen-bond acceptors (Lipinski definition) is 3. The van der Waals surface area contributed by atoms with Crippen LogP contribution in [-0.2, 0) is 11.3 Å². The van der Waals surface area contributed by atoms with Crippen LogP contribution in [0.25, 0.3) is 10.9 Å². The van der Waals surface area contributed by atoms with Gasteiger partial charge in [-0.25, -0.2) is 4.79 Å². The highest BCUT2D eigenvalue weighted by Crippen LogP contribution is 2.22. The van der Waals surface area contributed by atoms with Crippen molar-refractivity contribution < 1.29 is 9.53 Å². The fourth-order valence-corrected chi connectivity index (χ4v) is 2.32. The summed E-state index contributed by atoms with van der Waals surface area (Å²) in [6.07, 6.45) is 4.02. The van der Waals surface area contributed by atoms with Crippen molar-refractivity contribution in [3.63, 3.8) is 0 Å². The Hall–Kier alpha value is -1.81. The van der Waals surface area contributed by atoms with E-state index in [0.29, 0.717) is 6.04 Å². The second-order valence-corrected chi connectivity index (χ2v) is 6.71. The average molecular weight is 286 g/mol. The van der Waals surface area contributed by atoms with Crippen LogP contribution in [0, 0.1) is 0 Å². The third kappa shape index (κ3) is 3.45. The standard InChI is InChI=1S/C17H22N2O2/c1-17(2,3)21-16(20)19-9-8-13-10-12(4-7-15(13)19)11-18-14-5-6-14/h4,7-10,14,18H,5-6,11H2,1-3H3. The maximum Gasteiger partial charge on any atom is 0.418 e. The second kappa shape index (κ2) is 5.19. The summed E-state index contributed by atoms with van der Waals surface area (Å²) >= 11 is 0. The Kier molecular flexibility index (Phi) is 3.49. The average Bonchev–Trinajstić information content (AvgIpc) is 3.12. The van der Waals surface area contributed by atoms with Gasteiger partial charge in [-0.2, -0.15) is 0 Å². The lowest BCUT2D eigenvalue weighted by Gasteiger charge is -2.19. The van der Waals surface area contributed by atoms with Crippen LogP contribution in [0.15, 0.2) is 30.5 Å². The van der Waals surface area contributed by atoms with Gasteiger partial charge in [-0.3, -0.25) is 4.57 Å². The molecule has 0 saturated heterocycles. The molecule has 0 aliphatic heterocycles. The molecule has 0 spiro atoms. The van der Waals surface area contributed by atoms with E-state index in [2.05, 4.69) is 17.4 Å². The number of nitrogens with zero attached hydrogens (tertiary/aromatic N) is 1. The summed E-state index contributed by atoms with van der Waals surface area (Å²) in [5, 5.41) is 4.57. The van der Waals surface area contributed by atoms with Crippen LogP contribution in [0.5, 0.6) is 0 Å². The Bertz CT molecular complexity index is 663. The summed E-state index contributed by atoms with van der Waals surface area (Å²) < 4.78 is 6.99. The smallest absolute Gasteiger partial charge is 0.418 e. The highest BCUT2D eigenvalue weighted by atomic mass is 16.6. The minimum atomic E-state index is -0.484. The summed E-state index contributed by atoms with van der Waals surface area (Å²) in [7, 11) is 0. The van der Waals surface area contributed by atoms with Gasteiger partial charge in [0.05, 0.1) is 5.52 Å². The van der Waals surface area contributed by atoms with Crippen molar-refractivity contribution in [2.45, 2.75) is 51.8 Å². The van der Waals surface area contributed by atoms with E-state index in [9.17, 15) is 4.79 Å². The van der Waals surface area contributed by atoms with Crippen LogP contribution in [0.3, 0.4) is 0 Å². The number of fused-ring (bicyclic) bond motifs is 1. The molecule has 1 aliphatic carbocycles. The zero-order chi connectivity index (χ0) is 15.0. The van der Waals surface area contributed by atoms with Crippen LogP contribution in [0.4, 0.5) is 4.79 Å². The molecule has 112 valence electrons. The molecule has 1 fully saturated rings. The summed E-state index contributed by atoms with van der Waals surface area (Å²) in [5.74, 6) is 0. The first kappa shape index (κ1) is 14.1. The van der Waals surface area contributed by atoms with Gasteiger partial charge in [-0.15, -0.1) is 0 Å². The van der Waals surface area contributed by atoms with Crippen LogP contribution in [0.2, 0.25) is 0 Å². The number of rotatable bonds is 3. The van der Waals surface area contributed by atoms with Crippen molar-refractivity contribution in [1.29, 1.82) is 0 Å². The normalized spacial score (nSPS) is 15.4. The molecule has 0 atom stereocenters. The predicted octanol–water partition coefficient (Wildman–Crippen LogP) is 3.68. The number of benzene rings is 1. The molecule has 0 bridgehead atoms. The number of ether oxygens (including phenoxy) is 1. The highest BCUT2D eigenvalue weighted by Gasteiger charge is 2.21. The van der Waals surface area contributed by atoms with E-state index in [1.165, 1.54) is 18.4 Å². The number of nitrogens with one attached hydrogen (secondary N) is 1. The van der Waals surface area contributed by atoms with Crippen LogP contribution in [0.1, 0.15) is 39.2 Å². The van der Waals surface area contributed by atoms with Gasteiger partial charge in [-0.05, 0) is 57.4 Å². The van der Waals surface area contributed by atoms with Gasteiger partial charge < -0.3 is 10.1 Å². The monoisotopic (exact) mass is 286 g/mol. The fourth-order valence-electron chi connectivity index (χ4n) is 2.32. The topological polar surface area (TPSA) is 43.3 Å². The SMILES string of the molecule is CC(C)(C)OC(=O)n1ccc2cc(CNC3CC3)ccc21. The van der Waals surface area contributed by atoms with E-state index in [-0.39, 0.29) is 6.09 Å². The third-order valence-electron chi connectivity index (χ3n) is 3.52. The molecule has 1 N–H and O–H groups in total. The van der Waals surface area contributed by atoms with Crippen LogP contribution in [-0.4, -0.2) is 22.3 Å². The van der Waals surface area contributed by atoms with Crippen molar-refractivity contribution in [2.75, 3.05) is 0 Å². The van der Waals surface area contributed by atoms with Gasteiger partial charge in [0.15, 0.2) is 0 Å². The molecule has 21 heavy (non-hydrogen) atoms. The minimum absolute atomic E-state index is 0.332. The van der Waals surface area contributed by atoms with Gasteiger partial charge in [-0.1, -0.05) is 6.07 Å². The van der Waals surface area contributed by atoms with E-state index in [0.717, 1.165) is 17.4 Å². The Morgan fingerprint density at radius 3 is 2.76 bits per heavy atom. The number of aromatic nitrogens is 1. The lowest BCUT2D eigenvalue weighted by Crippen LogP contribution is -2.26. The van der Waals surface area contributed by atoms with Gasteiger partial charge in [0.1, 0.15) is 5.60 Å². The van der Waals surface area contributed by atoms with Crippen molar-refractivity contribution >= 4 is 17.0 Å². The fraction of sp³-hybridized carbons (Fsp3) is 0.471. The molecule has 1 aliphatic rings. The van der Waals surface area contributed by atoms with Crippen LogP contribution < -0.4 is 5.32 Å². The molecule has 4 heteroatoms. The number of hydrogen-bond donors (Lipinski definition) is 1. The first-order valence-electron chi connectivity index (χ1n) is 7.49. The number of carbonyl (C=O) groups excluding carboxylic acids is 1. The molecular formula is C17H22N2O2. The van der Waals surface area contributed by atoms with Crippen molar-refractivity contribution in [2.24, 2.45) is 0 Å². The van der Waals surface area contributed by atoms with Crippen molar-refractivity contribution in [1.82, 2.24) is 9.88 Å². The minimum Gasteiger partial charge on any atom is -0.443 e. The third-order valence-corrected chi connectivity index (χ3v) is 3.52. The first-order chi connectivity index (χ1) is 9.92. The second-order valence-electron chi connectivity index (χ2n) is 6.71. The predicted molar refractivity (Wildman–Crippen MR) is 83.4 cm³/mol. The zero-order valence-corrected chi connectivity index (χ0v) is 12.8. The first-order valence-corrected chi connectivity index (χ1v) is 7.49. The van der Waals surface area contributed by atoms with Crippen molar-refractivity contribution in [3.8, 4) is 0 Å². The molecule has 3 rings (SSSR count). The molecule has 4 nitrogen and oxygen atoms in total. The molecule has 0 radical (unpaired) electrons. The van der Waals surface area contributed by atoms with Crippen LogP contribution >= 0.6 is 0 Å². The Morgan fingerprint density at radius 2 is 2.10 bits per heavy atom. The van der Waals surface area contributed by atoms with Crippen molar-refractivity contribution in [3.05, 3.63) is 36.0 Å². The lowest BCUT2D eigenvalue weighted by molar-refractivity contribution is 0.0544. The Morgan fingerprint density at radius 1 is 1.33 bits per heavy atom. The Labute approximate surface area is 125 Å². The Balaban J connectivity index is 1.79. The molecule has 0 unspecified atom stereocenters. The van der Waals surface area contributed by atoms with Gasteiger partial charge in [0, 0.05) is 24.2 Å². The van der Waals surface area contributed by atoms with Gasteiger partial charge in [0.25, 0.3) is 0 Å². The quantitative estimate of drug-likeness (QED) is 0.936. The molecule has 1 heterocycles. The van der Waals surface area contributed by atoms with E-state index in [4.69, 9.17) is 4.74 Å². The maximum absolute atomic E-state index is 12.2. The van der Waals surface area contributed by atoms with E-state index in [1.54, 1.807) is 10.8 Å². The van der Waals surface area contributed by atoms with E-state index in [1.807, 2.05) is 32.9 Å². The maximum atomic E-state index is 12.2. The summed E-state index contributed by atoms with van der Waals surface area (Å²) in [6.45, 7) is 6.51. The summed E-state index contributed by atoms with van der Waals surface area (Å²) in [5.41, 5.74) is 1.65. The molecular weight excluding hydrogens is 264 g/mol. The lowest BCUT2D eigenvalue weighted by atomic mass is 10.1. The largest absolute Gasteiger partial charge is 0.443 e. The summed E-state index contributed by atoms with van der Waals surface area (Å²) in [4.78, 5) is 12.2.